The third-order valence-electron chi connectivity index (χ3n) is 15.3. The molecule has 0 aromatic heterocycles. The number of benzene rings is 2. The van der Waals surface area contributed by atoms with Crippen molar-refractivity contribution in [1.82, 2.24) is 31.9 Å². The normalized spacial score (nSPS) is 16.3. The molecule has 6 amide bonds. The van der Waals surface area contributed by atoms with Gasteiger partial charge in [0, 0.05) is 67.4 Å². The number of rotatable bonds is 39. The molecule has 0 unspecified atom stereocenters. The van der Waals surface area contributed by atoms with Gasteiger partial charge in [-0.1, -0.05) is 64.5 Å². The summed E-state index contributed by atoms with van der Waals surface area (Å²) in [5, 5.41) is 51.9. The van der Waals surface area contributed by atoms with Crippen molar-refractivity contribution in [2.24, 2.45) is 10.7 Å². The number of carboxylic acid groups (broad SMARTS) is 4. The lowest BCUT2D eigenvalue weighted by atomic mass is 9.81. The van der Waals surface area contributed by atoms with E-state index in [9.17, 15) is 89.2 Å². The van der Waals surface area contributed by atoms with Crippen LogP contribution in [0.2, 0.25) is 0 Å². The number of anilines is 1. The van der Waals surface area contributed by atoms with Crippen molar-refractivity contribution in [2.75, 3.05) is 25.0 Å². The number of likely N-dealkylation sites (N-methyl/N-ethyl adjacent to an activating group) is 1. The van der Waals surface area contributed by atoms with Gasteiger partial charge in [0.1, 0.15) is 24.2 Å². The van der Waals surface area contributed by atoms with E-state index < -0.39 is 160 Å². The first-order valence-corrected chi connectivity index (χ1v) is 32.1. The van der Waals surface area contributed by atoms with Crippen molar-refractivity contribution in [3.63, 3.8) is 0 Å². The van der Waals surface area contributed by atoms with Gasteiger partial charge in [-0.25, -0.2) is 0 Å². The van der Waals surface area contributed by atoms with Crippen molar-refractivity contribution >= 4 is 96.6 Å². The number of fused-ring (bicyclic) bond motifs is 2. The van der Waals surface area contributed by atoms with Gasteiger partial charge in [0.25, 0.3) is 20.2 Å². The van der Waals surface area contributed by atoms with E-state index in [0.29, 0.717) is 54.8 Å². The van der Waals surface area contributed by atoms with Crippen LogP contribution in [0.1, 0.15) is 135 Å². The Hall–Kier alpha value is -8.65. The van der Waals surface area contributed by atoms with Crippen molar-refractivity contribution in [3.05, 3.63) is 95.8 Å². The summed E-state index contributed by atoms with van der Waals surface area (Å²) in [5.41, 5.74) is 8.45. The van der Waals surface area contributed by atoms with Crippen LogP contribution in [-0.4, -0.2) is 162 Å². The van der Waals surface area contributed by atoms with Crippen LogP contribution in [0.25, 0.3) is 0 Å². The zero-order chi connectivity index (χ0) is 68.0. The third kappa shape index (κ3) is 23.0. The summed E-state index contributed by atoms with van der Waals surface area (Å²) in [6, 6.07) is 1.07. The number of nitrogens with two attached hydrogens (primary N) is 1. The molecule has 29 nitrogen and oxygen atoms in total. The van der Waals surface area contributed by atoms with Gasteiger partial charge >= 0.3 is 23.9 Å². The summed E-state index contributed by atoms with van der Waals surface area (Å²) in [5.74, 6) is -11.0. The Balaban J connectivity index is 1.32. The summed E-state index contributed by atoms with van der Waals surface area (Å²) < 4.78 is 67.3. The van der Waals surface area contributed by atoms with Gasteiger partial charge in [0.2, 0.25) is 35.4 Å². The standard InChI is InChI=1S/C60H81N9O20S2/c1-59(2)38-34-36(90(84,85)86)20-22-40(38)64-47(59)17-10-7-6-8-11-18-48-60(3,4)39-35-37(91(87,88)89)21-27-46(39)69(48)33-15-9-12-19-49(70)63-32-14-13-16-41(54(61)79)65-56(81)43(24-29-51(73)74)67-58(83)45(26-31-53(77)78)68-57(82)44(25-30-52(75)76)66-55(80)42(62-5)23-28-50(71)72/h6-8,10-11,17-18,20-22,27,34-35,41-45,62H,9,12-16,19,23-26,28-33H2,1-5H3,(H2,61,79)(H,63,70)(H,65,81)(H,66,80)(H,67,83)(H,68,82)(H,71,72)(H,73,74)(H,75,76)(H,77,78)(H,84,85,86)(H,87,88,89)/b7-6+,11-8+,17-10+,48-18+/t41-,42-,43-,44-,45-/m1/s1. The van der Waals surface area contributed by atoms with Gasteiger partial charge in [0.15, 0.2) is 0 Å². The Morgan fingerprint density at radius 3 is 1.51 bits per heavy atom. The Morgan fingerprint density at radius 1 is 0.549 bits per heavy atom. The van der Waals surface area contributed by atoms with Crippen LogP contribution in [0.3, 0.4) is 0 Å². The molecule has 2 aromatic carbocycles. The first-order valence-electron chi connectivity index (χ1n) is 29.2. The topological polar surface area (TPSA) is 474 Å². The number of carboxylic acids is 4. The first kappa shape index (κ1) is 74.8. The van der Waals surface area contributed by atoms with E-state index in [2.05, 4.69) is 41.8 Å². The molecule has 2 aromatic rings. The maximum atomic E-state index is 13.7. The number of aliphatic carboxylic acids is 4. The maximum absolute atomic E-state index is 13.7. The molecule has 2 heterocycles. The van der Waals surface area contributed by atoms with E-state index in [4.69, 9.17) is 10.8 Å². The number of aliphatic imine (C=N–C) groups is 1. The highest BCUT2D eigenvalue weighted by Gasteiger charge is 2.41. The van der Waals surface area contributed by atoms with Crippen LogP contribution in [-0.2, 0) is 79.0 Å². The number of allylic oxidation sites excluding steroid dienone is 8. The molecule has 0 bridgehead atoms. The second kappa shape index (κ2) is 34.0. The molecule has 4 rings (SSSR count). The summed E-state index contributed by atoms with van der Waals surface area (Å²) >= 11 is 0. The molecule has 2 aliphatic rings. The molecule has 0 saturated carbocycles. The van der Waals surface area contributed by atoms with Gasteiger partial charge in [-0.05, 0) is 125 Å². The number of hydrogen-bond donors (Lipinski definition) is 13. The number of nitrogens with zero attached hydrogens (tertiary/aromatic N) is 2. The van der Waals surface area contributed by atoms with E-state index in [-0.39, 0.29) is 47.9 Å². The minimum Gasteiger partial charge on any atom is -0.481 e. The highest BCUT2D eigenvalue weighted by molar-refractivity contribution is 7.86. The van der Waals surface area contributed by atoms with Crippen LogP contribution in [0, 0.1) is 0 Å². The van der Waals surface area contributed by atoms with Gasteiger partial charge in [-0.15, -0.1) is 0 Å². The number of unbranched alkanes of at least 4 members (excludes halogenated alkanes) is 3. The van der Waals surface area contributed by atoms with Gasteiger partial charge < -0.3 is 63.0 Å². The van der Waals surface area contributed by atoms with Crippen molar-refractivity contribution < 1.29 is 94.3 Å². The van der Waals surface area contributed by atoms with Gasteiger partial charge in [-0.2, -0.15) is 16.8 Å². The fourth-order valence-corrected chi connectivity index (χ4v) is 11.2. The van der Waals surface area contributed by atoms with Crippen LogP contribution < -0.4 is 42.5 Å². The van der Waals surface area contributed by atoms with E-state index >= 15 is 0 Å². The maximum Gasteiger partial charge on any atom is 0.303 e. The van der Waals surface area contributed by atoms with Gasteiger partial charge in [0.05, 0.1) is 27.2 Å². The molecule has 5 atom stereocenters. The molecular formula is C60H81N9O20S2. The molecule has 0 aliphatic carbocycles. The van der Waals surface area contributed by atoms with Gasteiger partial charge in [-0.3, -0.25) is 62.0 Å². The second-order valence-corrected chi connectivity index (χ2v) is 25.6. The van der Waals surface area contributed by atoms with E-state index in [1.165, 1.54) is 31.3 Å². The molecule has 0 saturated heterocycles. The monoisotopic (exact) mass is 1310 g/mol. The highest BCUT2D eigenvalue weighted by atomic mass is 32.2. The lowest BCUT2D eigenvalue weighted by Crippen LogP contribution is -2.59. The summed E-state index contributed by atoms with van der Waals surface area (Å²) in [6.45, 7) is 8.32. The smallest absolute Gasteiger partial charge is 0.303 e. The molecule has 2 aliphatic heterocycles. The average molecular weight is 1310 g/mol. The Labute approximate surface area is 527 Å². The SMILES string of the molecule is CN[C@H](CCC(=O)O)C(=O)N[C@H](CCC(=O)O)C(=O)N[C@H](CCC(=O)O)C(=O)N[C@H](CCC(=O)O)C(=O)N[C@H](CCCCNC(=O)CCCCCN1/C(=C/C=C/C=C/C=C/C2=Nc3ccc(S(=O)(=O)O)cc3C2(C)C)C(C)(C)c2cc(S(=O)(=O)O)ccc21)C(N)=O. The number of amides is 6. The quantitative estimate of drug-likeness (QED) is 0.0260. The van der Waals surface area contributed by atoms with Crippen molar-refractivity contribution in [3.8, 4) is 0 Å². The first-order chi connectivity index (χ1) is 42.6. The largest absolute Gasteiger partial charge is 0.481 e. The molecular weight excluding hydrogens is 1230 g/mol. The molecule has 0 fully saturated rings. The lowest BCUT2D eigenvalue weighted by Gasteiger charge is -2.27. The number of carbonyl (C=O) groups excluding carboxylic acids is 6. The number of hydrogen-bond acceptors (Lipinski definition) is 17. The van der Waals surface area contributed by atoms with Crippen molar-refractivity contribution in [2.45, 2.75) is 175 Å². The van der Waals surface area contributed by atoms with Crippen LogP contribution in [0.5, 0.6) is 0 Å². The summed E-state index contributed by atoms with van der Waals surface area (Å²) in [7, 11) is -7.58. The van der Waals surface area contributed by atoms with Crippen LogP contribution in [0.4, 0.5) is 11.4 Å². The minimum absolute atomic E-state index is 0.0606. The second-order valence-electron chi connectivity index (χ2n) is 22.8. The number of carbonyl (C=O) groups is 10. The number of nitrogens with one attached hydrogen (secondary N) is 6. The zero-order valence-electron chi connectivity index (χ0n) is 51.1. The highest BCUT2D eigenvalue weighted by Crippen LogP contribution is 2.49. The van der Waals surface area contributed by atoms with E-state index in [1.54, 1.807) is 30.4 Å². The Kier molecular flexibility index (Phi) is 27.9. The summed E-state index contributed by atoms with van der Waals surface area (Å²) in [6.07, 6.45) is 10.7. The molecule has 498 valence electrons. The van der Waals surface area contributed by atoms with E-state index in [1.807, 2.05) is 52.0 Å². The minimum atomic E-state index is -4.52. The Bertz CT molecular complexity index is 3450. The third-order valence-corrected chi connectivity index (χ3v) is 17.0. The molecule has 91 heavy (non-hydrogen) atoms. The van der Waals surface area contributed by atoms with Crippen molar-refractivity contribution in [1.29, 1.82) is 0 Å². The lowest BCUT2D eigenvalue weighted by molar-refractivity contribution is -0.140. The molecule has 0 spiro atoms. The predicted molar refractivity (Wildman–Crippen MR) is 331 cm³/mol. The van der Waals surface area contributed by atoms with Crippen LogP contribution >= 0.6 is 0 Å². The molecule has 0 radical (unpaired) electrons. The summed E-state index contributed by atoms with van der Waals surface area (Å²) in [4.78, 5) is 131. The molecule has 31 heteroatoms. The zero-order valence-corrected chi connectivity index (χ0v) is 52.7. The van der Waals surface area contributed by atoms with E-state index in [0.717, 1.165) is 11.4 Å². The average Bonchev–Trinajstić information content (AvgIpc) is 1.60. The fraction of sp³-hybridized carbons (Fsp3) is 0.483. The van der Waals surface area contributed by atoms with Crippen LogP contribution in [0.15, 0.2) is 99.4 Å². The predicted octanol–water partition coefficient (Wildman–Crippen LogP) is 3.21. The number of primary amides is 1. The molecule has 14 N–H and O–H groups in total. The Morgan fingerprint density at radius 2 is 1.01 bits per heavy atom. The fourth-order valence-electron chi connectivity index (χ4n) is 10.1.